The van der Waals surface area contributed by atoms with Gasteiger partial charge in [-0.2, -0.15) is 0 Å². The van der Waals surface area contributed by atoms with E-state index in [-0.39, 0.29) is 17.0 Å². The van der Waals surface area contributed by atoms with E-state index < -0.39 is 28.4 Å². The van der Waals surface area contributed by atoms with Gasteiger partial charge in [0.25, 0.3) is 11.6 Å². The molecule has 2 aromatic carbocycles. The summed E-state index contributed by atoms with van der Waals surface area (Å²) in [4.78, 5) is 40.4. The molecule has 3 aromatic rings. The van der Waals surface area contributed by atoms with Gasteiger partial charge < -0.3 is 19.3 Å². The smallest absolute Gasteiger partial charge is 0.290 e. The lowest BCUT2D eigenvalue weighted by Crippen LogP contribution is -2.33. The number of non-ortho nitro benzene ring substituents is 1. The topological polar surface area (TPSA) is 117 Å². The zero-order valence-electron chi connectivity index (χ0n) is 18.2. The molecule has 9 nitrogen and oxygen atoms in total. The third-order valence-corrected chi connectivity index (χ3v) is 5.62. The van der Waals surface area contributed by atoms with Gasteiger partial charge in [0.05, 0.1) is 16.5 Å². The first kappa shape index (κ1) is 22.2. The van der Waals surface area contributed by atoms with Crippen molar-refractivity contribution in [3.05, 3.63) is 87.4 Å². The van der Waals surface area contributed by atoms with Crippen molar-refractivity contribution in [1.29, 1.82) is 0 Å². The predicted molar refractivity (Wildman–Crippen MR) is 121 cm³/mol. The van der Waals surface area contributed by atoms with E-state index in [0.717, 1.165) is 5.39 Å². The maximum absolute atomic E-state index is 13.5. The van der Waals surface area contributed by atoms with Gasteiger partial charge in [-0.05, 0) is 56.9 Å². The van der Waals surface area contributed by atoms with E-state index >= 15 is 0 Å². The number of aliphatic hydroxyl groups excluding tert-OH is 1. The number of Topliss-reactive ketones (excluding diaryl/α,β-unsaturated/α-hetero) is 1. The Hall–Kier alpha value is -3.98. The maximum atomic E-state index is 13.5. The Kier molecular flexibility index (Phi) is 5.97. The van der Waals surface area contributed by atoms with Crippen molar-refractivity contribution in [2.45, 2.75) is 12.5 Å². The molecule has 1 aliphatic heterocycles. The van der Waals surface area contributed by atoms with Crippen LogP contribution in [0.15, 0.2) is 70.3 Å². The number of nitrogens with zero attached hydrogens (tertiary/aromatic N) is 3. The van der Waals surface area contributed by atoms with Crippen molar-refractivity contribution >= 4 is 28.3 Å². The molecule has 2 heterocycles. The fourth-order valence-corrected chi connectivity index (χ4v) is 4.02. The zero-order valence-corrected chi connectivity index (χ0v) is 18.2. The van der Waals surface area contributed by atoms with Crippen molar-refractivity contribution < 1.29 is 24.0 Å². The summed E-state index contributed by atoms with van der Waals surface area (Å²) < 4.78 is 5.69. The van der Waals surface area contributed by atoms with Crippen LogP contribution in [-0.4, -0.2) is 58.7 Å². The van der Waals surface area contributed by atoms with Crippen molar-refractivity contribution in [1.82, 2.24) is 9.80 Å². The summed E-state index contributed by atoms with van der Waals surface area (Å²) in [6, 6.07) is 13.4. The Bertz CT molecular complexity index is 1230. The summed E-state index contributed by atoms with van der Waals surface area (Å²) >= 11 is 0. The molecule has 170 valence electrons. The number of carbonyl (C=O) groups is 2. The average molecular weight is 449 g/mol. The number of aliphatic hydroxyl groups is 1. The quantitative estimate of drug-likeness (QED) is 0.315. The number of nitro benzene ring substituents is 1. The van der Waals surface area contributed by atoms with Crippen LogP contribution < -0.4 is 0 Å². The van der Waals surface area contributed by atoms with E-state index in [0.29, 0.717) is 30.7 Å². The van der Waals surface area contributed by atoms with E-state index in [1.807, 2.05) is 25.1 Å². The van der Waals surface area contributed by atoms with Crippen LogP contribution in [0.5, 0.6) is 0 Å². The van der Waals surface area contributed by atoms with Gasteiger partial charge in [0.1, 0.15) is 5.58 Å². The molecular weight excluding hydrogens is 426 g/mol. The Balaban J connectivity index is 1.75. The number of amides is 1. The standard InChI is InChI=1S/C24H23N3O6/c1-25(2)12-5-13-26-21(15-8-10-17(11-9-15)27(31)32)20(23(29)24(26)30)22(28)19-14-16-6-3-4-7-18(16)33-19/h3-4,6-11,14,21,29H,5,12-13H2,1-2H3. The van der Waals surface area contributed by atoms with Gasteiger partial charge in [0.2, 0.25) is 5.78 Å². The van der Waals surface area contributed by atoms with Crippen LogP contribution >= 0.6 is 0 Å². The first-order chi connectivity index (χ1) is 15.8. The first-order valence-corrected chi connectivity index (χ1v) is 10.4. The highest BCUT2D eigenvalue weighted by molar-refractivity contribution is 6.16. The van der Waals surface area contributed by atoms with Gasteiger partial charge in [-0.1, -0.05) is 18.2 Å². The van der Waals surface area contributed by atoms with E-state index in [4.69, 9.17) is 4.42 Å². The summed E-state index contributed by atoms with van der Waals surface area (Å²) in [7, 11) is 3.82. The summed E-state index contributed by atoms with van der Waals surface area (Å²) in [5.41, 5.74) is 0.792. The maximum Gasteiger partial charge on any atom is 0.290 e. The number of fused-ring (bicyclic) bond motifs is 1. The van der Waals surface area contributed by atoms with Gasteiger partial charge in [-0.15, -0.1) is 0 Å². The number of rotatable bonds is 8. The monoisotopic (exact) mass is 449 g/mol. The van der Waals surface area contributed by atoms with Crippen LogP contribution in [0.3, 0.4) is 0 Å². The molecule has 1 atom stereocenters. The summed E-state index contributed by atoms with van der Waals surface area (Å²) in [5.74, 6) is -1.88. The molecule has 4 rings (SSSR count). The lowest BCUT2D eigenvalue weighted by atomic mass is 9.94. The van der Waals surface area contributed by atoms with Crippen LogP contribution in [0.4, 0.5) is 5.69 Å². The lowest BCUT2D eigenvalue weighted by molar-refractivity contribution is -0.384. The Morgan fingerprint density at radius 1 is 1.18 bits per heavy atom. The normalized spacial score (nSPS) is 16.3. The minimum Gasteiger partial charge on any atom is -0.503 e. The minimum absolute atomic E-state index is 0.00704. The van der Waals surface area contributed by atoms with Crippen LogP contribution in [0.1, 0.15) is 28.6 Å². The molecule has 0 aliphatic carbocycles. The average Bonchev–Trinajstić information content (AvgIpc) is 3.33. The zero-order chi connectivity index (χ0) is 23.7. The summed E-state index contributed by atoms with van der Waals surface area (Å²) in [6.07, 6.45) is 0.613. The fourth-order valence-electron chi connectivity index (χ4n) is 4.02. The van der Waals surface area contributed by atoms with Crippen molar-refractivity contribution in [3.63, 3.8) is 0 Å². The van der Waals surface area contributed by atoms with Crippen LogP contribution in [0.2, 0.25) is 0 Å². The molecule has 0 fully saturated rings. The van der Waals surface area contributed by atoms with Gasteiger partial charge >= 0.3 is 0 Å². The highest BCUT2D eigenvalue weighted by Crippen LogP contribution is 2.40. The van der Waals surface area contributed by atoms with Crippen LogP contribution in [-0.2, 0) is 4.79 Å². The lowest BCUT2D eigenvalue weighted by Gasteiger charge is -2.27. The molecule has 1 N–H and O–H groups in total. The number of hydrogen-bond acceptors (Lipinski definition) is 7. The van der Waals surface area contributed by atoms with Gasteiger partial charge in [0.15, 0.2) is 11.5 Å². The fraction of sp³-hybridized carbons (Fsp3) is 0.250. The Morgan fingerprint density at radius 3 is 2.52 bits per heavy atom. The molecule has 33 heavy (non-hydrogen) atoms. The van der Waals surface area contributed by atoms with E-state index in [2.05, 4.69) is 0 Å². The highest BCUT2D eigenvalue weighted by Gasteiger charge is 2.44. The molecule has 1 aliphatic rings. The van der Waals surface area contributed by atoms with E-state index in [1.165, 1.54) is 29.2 Å². The van der Waals surface area contributed by atoms with Crippen LogP contribution in [0.25, 0.3) is 11.0 Å². The number of hydrogen-bond donors (Lipinski definition) is 1. The molecule has 0 bridgehead atoms. The number of carbonyl (C=O) groups excluding carboxylic acids is 2. The number of ketones is 1. The van der Waals surface area contributed by atoms with Crippen molar-refractivity contribution in [3.8, 4) is 0 Å². The third-order valence-electron chi connectivity index (χ3n) is 5.62. The molecular formula is C24H23N3O6. The number of furan rings is 1. The molecule has 1 unspecified atom stereocenters. The highest BCUT2D eigenvalue weighted by atomic mass is 16.6. The Morgan fingerprint density at radius 2 is 1.88 bits per heavy atom. The van der Waals surface area contributed by atoms with Gasteiger partial charge in [-0.3, -0.25) is 19.7 Å². The summed E-state index contributed by atoms with van der Waals surface area (Å²) in [5, 5.41) is 22.5. The third kappa shape index (κ3) is 4.22. The van der Waals surface area contributed by atoms with Gasteiger partial charge in [-0.25, -0.2) is 0 Å². The van der Waals surface area contributed by atoms with Crippen molar-refractivity contribution in [2.24, 2.45) is 0 Å². The number of nitro groups is 1. The second kappa shape index (κ2) is 8.87. The molecule has 9 heteroatoms. The molecule has 0 saturated heterocycles. The molecule has 0 radical (unpaired) electrons. The largest absolute Gasteiger partial charge is 0.503 e. The predicted octanol–water partition coefficient (Wildman–Crippen LogP) is 3.87. The number of benzene rings is 2. The van der Waals surface area contributed by atoms with Crippen LogP contribution in [0, 0.1) is 10.1 Å². The molecule has 0 saturated carbocycles. The first-order valence-electron chi connectivity index (χ1n) is 10.4. The van der Waals surface area contributed by atoms with E-state index in [9.17, 15) is 24.8 Å². The number of para-hydroxylation sites is 1. The van der Waals surface area contributed by atoms with Gasteiger partial charge in [0, 0.05) is 24.1 Å². The second-order valence-electron chi connectivity index (χ2n) is 8.15. The molecule has 1 aromatic heterocycles. The second-order valence-corrected chi connectivity index (χ2v) is 8.15. The molecule has 0 spiro atoms. The molecule has 1 amide bonds. The SMILES string of the molecule is CN(C)CCCN1C(=O)C(O)=C(C(=O)c2cc3ccccc3o2)C1c1ccc([N+](=O)[O-])cc1. The summed E-state index contributed by atoms with van der Waals surface area (Å²) in [6.45, 7) is 0.990. The van der Waals surface area contributed by atoms with E-state index in [1.54, 1.807) is 24.3 Å². The minimum atomic E-state index is -0.888. The van der Waals surface area contributed by atoms with Crippen molar-refractivity contribution in [2.75, 3.05) is 27.2 Å². The Labute approximate surface area is 189 Å².